The van der Waals surface area contributed by atoms with E-state index in [9.17, 15) is 19.8 Å². The SMILES string of the molecule is CCOC(=O)c1ccc(C(O)C(O)CCSC(C)=O)s1. The van der Waals surface area contributed by atoms with Crippen LogP contribution in [0.3, 0.4) is 0 Å². The van der Waals surface area contributed by atoms with Gasteiger partial charge in [0.2, 0.25) is 0 Å². The zero-order chi connectivity index (χ0) is 15.1. The van der Waals surface area contributed by atoms with Crippen LogP contribution in [0.1, 0.15) is 40.9 Å². The number of thioether (sulfide) groups is 1. The lowest BCUT2D eigenvalue weighted by Crippen LogP contribution is -2.18. The van der Waals surface area contributed by atoms with Gasteiger partial charge in [-0.15, -0.1) is 11.3 Å². The topological polar surface area (TPSA) is 83.8 Å². The standard InChI is InChI=1S/C13H18O5S2/c1-3-18-13(17)11-5-4-10(20-11)12(16)9(15)6-7-19-8(2)14/h4-5,9,12,15-16H,3,6-7H2,1-2H3. The predicted molar refractivity (Wildman–Crippen MR) is 79.0 cm³/mol. The summed E-state index contributed by atoms with van der Waals surface area (Å²) in [6.45, 7) is 3.47. The number of hydrogen-bond acceptors (Lipinski definition) is 7. The highest BCUT2D eigenvalue weighted by Gasteiger charge is 2.21. The van der Waals surface area contributed by atoms with Gasteiger partial charge in [-0.05, 0) is 25.5 Å². The number of hydrogen-bond donors (Lipinski definition) is 2. The molecule has 0 aliphatic carbocycles. The van der Waals surface area contributed by atoms with Gasteiger partial charge in [0.15, 0.2) is 5.12 Å². The summed E-state index contributed by atoms with van der Waals surface area (Å²) in [5.74, 6) is 0.0153. The molecule has 1 rings (SSSR count). The molecule has 5 nitrogen and oxygen atoms in total. The van der Waals surface area contributed by atoms with Crippen LogP contribution in [0.2, 0.25) is 0 Å². The number of aliphatic hydroxyl groups is 2. The smallest absolute Gasteiger partial charge is 0.348 e. The van der Waals surface area contributed by atoms with E-state index < -0.39 is 18.2 Å². The van der Waals surface area contributed by atoms with E-state index in [1.807, 2.05) is 0 Å². The van der Waals surface area contributed by atoms with Gasteiger partial charge >= 0.3 is 5.97 Å². The quantitative estimate of drug-likeness (QED) is 0.748. The Kier molecular flexibility index (Phi) is 7.22. The molecule has 0 aliphatic rings. The third-order valence-corrected chi connectivity index (χ3v) is 4.46. The summed E-state index contributed by atoms with van der Waals surface area (Å²) >= 11 is 2.21. The third kappa shape index (κ3) is 5.24. The Morgan fingerprint density at radius 1 is 1.40 bits per heavy atom. The van der Waals surface area contributed by atoms with Crippen LogP contribution in [-0.2, 0) is 9.53 Å². The van der Waals surface area contributed by atoms with Crippen molar-refractivity contribution in [3.63, 3.8) is 0 Å². The van der Waals surface area contributed by atoms with Gasteiger partial charge in [-0.1, -0.05) is 11.8 Å². The van der Waals surface area contributed by atoms with Crippen LogP contribution in [0.5, 0.6) is 0 Å². The molecule has 2 atom stereocenters. The summed E-state index contributed by atoms with van der Waals surface area (Å²) in [6.07, 6.45) is -1.72. The average molecular weight is 318 g/mol. The summed E-state index contributed by atoms with van der Waals surface area (Å²) < 4.78 is 4.86. The Balaban J connectivity index is 2.56. The molecular weight excluding hydrogens is 300 g/mol. The molecule has 1 aromatic rings. The van der Waals surface area contributed by atoms with Crippen molar-refractivity contribution in [3.05, 3.63) is 21.9 Å². The molecule has 2 N–H and O–H groups in total. The number of carbonyl (C=O) groups excluding carboxylic acids is 2. The molecule has 0 aliphatic heterocycles. The largest absolute Gasteiger partial charge is 0.462 e. The molecule has 0 fully saturated rings. The highest BCUT2D eigenvalue weighted by atomic mass is 32.2. The monoisotopic (exact) mass is 318 g/mol. The van der Waals surface area contributed by atoms with Crippen molar-refractivity contribution < 1.29 is 24.5 Å². The average Bonchev–Trinajstić information content (AvgIpc) is 2.87. The first-order chi connectivity index (χ1) is 9.45. The first-order valence-corrected chi connectivity index (χ1v) is 8.02. The van der Waals surface area contributed by atoms with E-state index in [4.69, 9.17) is 4.74 Å². The molecule has 7 heteroatoms. The van der Waals surface area contributed by atoms with Crippen molar-refractivity contribution in [2.45, 2.75) is 32.5 Å². The van der Waals surface area contributed by atoms with Gasteiger partial charge in [-0.3, -0.25) is 4.79 Å². The summed E-state index contributed by atoms with van der Waals surface area (Å²) in [5.41, 5.74) is 0. The maximum atomic E-state index is 11.5. The Morgan fingerprint density at radius 2 is 2.10 bits per heavy atom. The number of rotatable bonds is 7. The molecule has 0 spiro atoms. The first kappa shape index (κ1) is 17.2. The molecule has 0 aromatic carbocycles. The fourth-order valence-electron chi connectivity index (χ4n) is 1.49. The number of ether oxygens (including phenoxy) is 1. The lowest BCUT2D eigenvalue weighted by molar-refractivity contribution is -0.109. The van der Waals surface area contributed by atoms with Gasteiger partial charge in [-0.25, -0.2) is 4.79 Å². The van der Waals surface area contributed by atoms with E-state index in [1.165, 1.54) is 6.92 Å². The molecule has 0 saturated heterocycles. The molecule has 0 bridgehead atoms. The lowest BCUT2D eigenvalue weighted by atomic mass is 10.1. The zero-order valence-electron chi connectivity index (χ0n) is 11.4. The molecule has 0 saturated carbocycles. The van der Waals surface area contributed by atoms with Gasteiger partial charge in [0.05, 0.1) is 12.7 Å². The summed E-state index contributed by atoms with van der Waals surface area (Å²) in [5, 5.41) is 19.8. The molecular formula is C13H18O5S2. The van der Waals surface area contributed by atoms with E-state index in [0.29, 0.717) is 28.5 Å². The van der Waals surface area contributed by atoms with E-state index in [-0.39, 0.29) is 5.12 Å². The van der Waals surface area contributed by atoms with Gasteiger partial charge in [0, 0.05) is 17.6 Å². The highest BCUT2D eigenvalue weighted by molar-refractivity contribution is 8.13. The van der Waals surface area contributed by atoms with Crippen LogP contribution in [0.25, 0.3) is 0 Å². The highest BCUT2D eigenvalue weighted by Crippen LogP contribution is 2.27. The van der Waals surface area contributed by atoms with Crippen LogP contribution in [0, 0.1) is 0 Å². The van der Waals surface area contributed by atoms with Crippen molar-refractivity contribution in [3.8, 4) is 0 Å². The minimum Gasteiger partial charge on any atom is -0.462 e. The van der Waals surface area contributed by atoms with Gasteiger partial charge in [0.25, 0.3) is 0 Å². The van der Waals surface area contributed by atoms with Crippen molar-refractivity contribution in [2.24, 2.45) is 0 Å². The Labute approximate surface area is 126 Å². The Morgan fingerprint density at radius 3 is 2.70 bits per heavy atom. The first-order valence-electron chi connectivity index (χ1n) is 6.22. The van der Waals surface area contributed by atoms with Crippen LogP contribution >= 0.6 is 23.1 Å². The molecule has 20 heavy (non-hydrogen) atoms. The van der Waals surface area contributed by atoms with Crippen molar-refractivity contribution in [2.75, 3.05) is 12.4 Å². The third-order valence-electron chi connectivity index (χ3n) is 2.48. The molecule has 1 aromatic heterocycles. The zero-order valence-corrected chi connectivity index (χ0v) is 13.0. The Hall–Kier alpha value is -0.890. The summed E-state index contributed by atoms with van der Waals surface area (Å²) in [6, 6.07) is 3.17. The van der Waals surface area contributed by atoms with E-state index in [0.717, 1.165) is 23.1 Å². The maximum absolute atomic E-state index is 11.5. The second kappa shape index (κ2) is 8.41. The van der Waals surface area contributed by atoms with E-state index in [2.05, 4.69) is 0 Å². The van der Waals surface area contributed by atoms with Gasteiger partial charge in [0.1, 0.15) is 11.0 Å². The van der Waals surface area contributed by atoms with Gasteiger partial charge < -0.3 is 14.9 Å². The fraction of sp³-hybridized carbons (Fsp3) is 0.538. The maximum Gasteiger partial charge on any atom is 0.348 e. The summed E-state index contributed by atoms with van der Waals surface area (Å²) in [7, 11) is 0. The van der Waals surface area contributed by atoms with Gasteiger partial charge in [-0.2, -0.15) is 0 Å². The van der Waals surface area contributed by atoms with Crippen molar-refractivity contribution in [1.29, 1.82) is 0 Å². The minimum absolute atomic E-state index is 0.0209. The fourth-order valence-corrected chi connectivity index (χ4v) is 3.09. The molecule has 0 radical (unpaired) electrons. The number of carbonyl (C=O) groups is 2. The molecule has 112 valence electrons. The second-order valence-electron chi connectivity index (χ2n) is 4.06. The minimum atomic E-state index is -1.06. The normalized spacial score (nSPS) is 13.8. The molecule has 2 unspecified atom stereocenters. The summed E-state index contributed by atoms with van der Waals surface area (Å²) in [4.78, 5) is 23.2. The van der Waals surface area contributed by atoms with Crippen molar-refractivity contribution in [1.82, 2.24) is 0 Å². The predicted octanol–water partition coefficient (Wildman–Crippen LogP) is 1.99. The molecule has 0 amide bonds. The van der Waals surface area contributed by atoms with Crippen molar-refractivity contribution >= 4 is 34.2 Å². The van der Waals surface area contributed by atoms with Crippen LogP contribution < -0.4 is 0 Å². The number of esters is 1. The Bertz CT molecular complexity index is 457. The molecule has 1 heterocycles. The van der Waals surface area contributed by atoms with E-state index >= 15 is 0 Å². The van der Waals surface area contributed by atoms with Crippen LogP contribution in [0.4, 0.5) is 0 Å². The second-order valence-corrected chi connectivity index (χ2v) is 6.45. The van der Waals surface area contributed by atoms with Crippen LogP contribution in [-0.4, -0.2) is 39.8 Å². The lowest BCUT2D eigenvalue weighted by Gasteiger charge is -2.15. The number of thiophene rings is 1. The van der Waals surface area contributed by atoms with E-state index in [1.54, 1.807) is 19.1 Å². The van der Waals surface area contributed by atoms with Crippen LogP contribution in [0.15, 0.2) is 12.1 Å². The number of aliphatic hydroxyl groups excluding tert-OH is 2.